The van der Waals surface area contributed by atoms with Crippen molar-refractivity contribution in [3.8, 4) is 11.5 Å². The Morgan fingerprint density at radius 3 is 2.70 bits per heavy atom. The molecule has 4 rings (SSSR count). The number of hydrogen-bond acceptors (Lipinski definition) is 4. The fourth-order valence-electron chi connectivity index (χ4n) is 3.51. The van der Waals surface area contributed by atoms with Crippen LogP contribution in [-0.2, 0) is 16.0 Å². The van der Waals surface area contributed by atoms with Gasteiger partial charge in [-0.05, 0) is 48.7 Å². The third kappa shape index (κ3) is 3.32. The van der Waals surface area contributed by atoms with Gasteiger partial charge in [-0.25, -0.2) is 4.39 Å². The topological polar surface area (TPSA) is 67.9 Å². The van der Waals surface area contributed by atoms with Crippen molar-refractivity contribution < 1.29 is 23.5 Å². The van der Waals surface area contributed by atoms with E-state index in [-0.39, 0.29) is 11.9 Å². The van der Waals surface area contributed by atoms with Gasteiger partial charge in [0.05, 0.1) is 6.04 Å². The predicted octanol–water partition coefficient (Wildman–Crippen LogP) is 2.68. The van der Waals surface area contributed by atoms with E-state index in [0.717, 1.165) is 11.1 Å². The van der Waals surface area contributed by atoms with Crippen LogP contribution in [0.5, 0.6) is 11.5 Å². The molecule has 0 aliphatic carbocycles. The first-order valence-corrected chi connectivity index (χ1v) is 8.83. The minimum atomic E-state index is -0.718. The molecule has 0 aromatic heterocycles. The highest BCUT2D eigenvalue weighted by atomic mass is 19.1. The van der Waals surface area contributed by atoms with Crippen molar-refractivity contribution in [3.05, 3.63) is 53.3 Å². The number of benzene rings is 2. The van der Waals surface area contributed by atoms with E-state index in [9.17, 15) is 14.0 Å². The SMILES string of the molecule is CC1c2ccc(F)cc2CCN1C(=O)C(=O)Nc1ccc2c(c1)OCCO2. The Labute approximate surface area is 155 Å². The minimum absolute atomic E-state index is 0.294. The van der Waals surface area contributed by atoms with Crippen LogP contribution in [0.25, 0.3) is 0 Å². The molecule has 1 atom stereocenters. The molecule has 2 aromatic carbocycles. The third-order valence-electron chi connectivity index (χ3n) is 4.90. The third-order valence-corrected chi connectivity index (χ3v) is 4.90. The Morgan fingerprint density at radius 1 is 1.11 bits per heavy atom. The van der Waals surface area contributed by atoms with Crippen molar-refractivity contribution in [2.75, 3.05) is 25.1 Å². The van der Waals surface area contributed by atoms with E-state index < -0.39 is 11.8 Å². The number of nitrogens with one attached hydrogen (secondary N) is 1. The highest BCUT2D eigenvalue weighted by Gasteiger charge is 2.31. The van der Waals surface area contributed by atoms with Gasteiger partial charge >= 0.3 is 11.8 Å². The molecule has 0 saturated carbocycles. The van der Waals surface area contributed by atoms with Gasteiger partial charge in [-0.3, -0.25) is 9.59 Å². The minimum Gasteiger partial charge on any atom is -0.486 e. The lowest BCUT2D eigenvalue weighted by atomic mass is 9.93. The first-order chi connectivity index (χ1) is 13.0. The quantitative estimate of drug-likeness (QED) is 0.784. The van der Waals surface area contributed by atoms with Gasteiger partial charge in [-0.15, -0.1) is 0 Å². The van der Waals surface area contributed by atoms with Crippen LogP contribution in [0.3, 0.4) is 0 Å². The molecule has 2 heterocycles. The second kappa shape index (κ2) is 6.90. The molecular weight excluding hydrogens is 351 g/mol. The Balaban J connectivity index is 1.48. The summed E-state index contributed by atoms with van der Waals surface area (Å²) in [6.45, 7) is 3.13. The molecule has 1 N–H and O–H groups in total. The number of nitrogens with zero attached hydrogens (tertiary/aromatic N) is 1. The number of anilines is 1. The molecule has 2 aliphatic heterocycles. The lowest BCUT2D eigenvalue weighted by Crippen LogP contribution is -2.44. The molecule has 140 valence electrons. The fourth-order valence-corrected chi connectivity index (χ4v) is 3.51. The van der Waals surface area contributed by atoms with E-state index >= 15 is 0 Å². The van der Waals surface area contributed by atoms with E-state index in [1.54, 1.807) is 24.3 Å². The number of halogens is 1. The second-order valence-corrected chi connectivity index (χ2v) is 6.58. The van der Waals surface area contributed by atoms with E-state index in [1.807, 2.05) is 6.92 Å². The highest BCUT2D eigenvalue weighted by Crippen LogP contribution is 2.33. The maximum atomic E-state index is 13.4. The molecule has 2 aliphatic rings. The molecule has 0 fully saturated rings. The molecule has 6 nitrogen and oxygen atoms in total. The average Bonchev–Trinajstić information content (AvgIpc) is 2.67. The zero-order valence-corrected chi connectivity index (χ0v) is 14.8. The Hall–Kier alpha value is -3.09. The number of carbonyl (C=O) groups is 2. The van der Waals surface area contributed by atoms with Crippen LogP contribution in [0, 0.1) is 5.82 Å². The van der Waals surface area contributed by atoms with Crippen LogP contribution in [0.15, 0.2) is 36.4 Å². The summed E-state index contributed by atoms with van der Waals surface area (Å²) in [6.07, 6.45) is 0.514. The van der Waals surface area contributed by atoms with E-state index in [4.69, 9.17) is 9.47 Å². The fraction of sp³-hybridized carbons (Fsp3) is 0.300. The lowest BCUT2D eigenvalue weighted by Gasteiger charge is -2.34. The van der Waals surface area contributed by atoms with Crippen LogP contribution in [0.2, 0.25) is 0 Å². The van der Waals surface area contributed by atoms with Gasteiger partial charge in [0, 0.05) is 18.3 Å². The molecular formula is C20H19FN2O4. The van der Waals surface area contributed by atoms with Crippen molar-refractivity contribution in [1.82, 2.24) is 4.90 Å². The molecule has 27 heavy (non-hydrogen) atoms. The van der Waals surface area contributed by atoms with E-state index in [1.165, 1.54) is 17.0 Å². The maximum absolute atomic E-state index is 13.4. The second-order valence-electron chi connectivity index (χ2n) is 6.58. The molecule has 7 heteroatoms. The van der Waals surface area contributed by atoms with Gasteiger partial charge in [-0.1, -0.05) is 6.07 Å². The standard InChI is InChI=1S/C20H19FN2O4/c1-12-16-4-2-14(21)10-13(16)6-7-23(12)20(25)19(24)22-15-3-5-17-18(11-15)27-9-8-26-17/h2-5,10-12H,6-9H2,1H3,(H,22,24). The summed E-state index contributed by atoms with van der Waals surface area (Å²) in [5.41, 5.74) is 2.20. The lowest BCUT2D eigenvalue weighted by molar-refractivity contribution is -0.145. The summed E-state index contributed by atoms with van der Waals surface area (Å²) >= 11 is 0. The zero-order valence-electron chi connectivity index (χ0n) is 14.8. The summed E-state index contributed by atoms with van der Waals surface area (Å²) < 4.78 is 24.3. The molecule has 0 bridgehead atoms. The summed E-state index contributed by atoms with van der Waals surface area (Å²) in [5.74, 6) is -0.485. The van der Waals surface area contributed by atoms with Crippen molar-refractivity contribution in [3.63, 3.8) is 0 Å². The Kier molecular flexibility index (Phi) is 4.43. The number of carbonyl (C=O) groups excluding carboxylic acids is 2. The maximum Gasteiger partial charge on any atom is 0.313 e. The average molecular weight is 370 g/mol. The van der Waals surface area contributed by atoms with E-state index in [2.05, 4.69) is 5.32 Å². The number of rotatable bonds is 1. The highest BCUT2D eigenvalue weighted by molar-refractivity contribution is 6.39. The molecule has 0 radical (unpaired) electrons. The van der Waals surface area contributed by atoms with Gasteiger partial charge in [0.2, 0.25) is 0 Å². The zero-order chi connectivity index (χ0) is 19.0. The number of hydrogen-bond donors (Lipinski definition) is 1. The van der Waals surface area contributed by atoms with Gasteiger partial charge in [0.25, 0.3) is 0 Å². The monoisotopic (exact) mass is 370 g/mol. The van der Waals surface area contributed by atoms with Gasteiger partial charge < -0.3 is 19.7 Å². The molecule has 0 spiro atoms. The van der Waals surface area contributed by atoms with Gasteiger partial charge in [0.15, 0.2) is 11.5 Å². The van der Waals surface area contributed by atoms with Crippen molar-refractivity contribution >= 4 is 17.5 Å². The summed E-state index contributed by atoms with van der Waals surface area (Å²) in [4.78, 5) is 26.6. The predicted molar refractivity (Wildman–Crippen MR) is 96.3 cm³/mol. The van der Waals surface area contributed by atoms with Crippen molar-refractivity contribution in [2.45, 2.75) is 19.4 Å². The van der Waals surface area contributed by atoms with Crippen molar-refractivity contribution in [1.29, 1.82) is 0 Å². The normalized spacial score (nSPS) is 17.9. The summed E-state index contributed by atoms with van der Waals surface area (Å²) in [6, 6.07) is 9.24. The Bertz CT molecular complexity index is 915. The molecule has 2 amide bonds. The van der Waals surface area contributed by atoms with Crippen LogP contribution < -0.4 is 14.8 Å². The largest absolute Gasteiger partial charge is 0.486 e. The molecule has 2 aromatic rings. The van der Waals surface area contributed by atoms with Gasteiger partial charge in [0.1, 0.15) is 19.0 Å². The first-order valence-electron chi connectivity index (χ1n) is 8.83. The van der Waals surface area contributed by atoms with Crippen LogP contribution >= 0.6 is 0 Å². The summed E-state index contributed by atoms with van der Waals surface area (Å²) in [7, 11) is 0. The van der Waals surface area contributed by atoms with Gasteiger partial charge in [-0.2, -0.15) is 0 Å². The summed E-state index contributed by atoms with van der Waals surface area (Å²) in [5, 5.41) is 2.62. The van der Waals surface area contributed by atoms with Crippen LogP contribution in [0.4, 0.5) is 10.1 Å². The van der Waals surface area contributed by atoms with Crippen LogP contribution in [-0.4, -0.2) is 36.5 Å². The van der Waals surface area contributed by atoms with Crippen LogP contribution in [0.1, 0.15) is 24.1 Å². The number of amides is 2. The Morgan fingerprint density at radius 2 is 1.89 bits per heavy atom. The molecule has 0 saturated heterocycles. The number of fused-ring (bicyclic) bond motifs is 2. The smallest absolute Gasteiger partial charge is 0.313 e. The number of ether oxygens (including phenoxy) is 2. The van der Waals surface area contributed by atoms with Crippen molar-refractivity contribution in [2.24, 2.45) is 0 Å². The van der Waals surface area contributed by atoms with E-state index in [0.29, 0.717) is 43.4 Å². The first kappa shape index (κ1) is 17.3. The molecule has 1 unspecified atom stereocenters.